The number of likely N-dealkylation sites (tertiary alicyclic amines) is 1. The van der Waals surface area contributed by atoms with Crippen molar-refractivity contribution < 1.29 is 4.79 Å². The minimum Gasteiger partial charge on any atom is -0.342 e. The van der Waals surface area contributed by atoms with Crippen LogP contribution in [0.25, 0.3) is 0 Å². The van der Waals surface area contributed by atoms with E-state index in [-0.39, 0.29) is 5.92 Å². The van der Waals surface area contributed by atoms with Crippen LogP contribution in [0, 0.1) is 11.3 Å². The number of nitrogens with zero attached hydrogens (tertiary/aromatic N) is 1. The number of amides is 1. The summed E-state index contributed by atoms with van der Waals surface area (Å²) >= 11 is 0. The highest BCUT2D eigenvalue weighted by Crippen LogP contribution is 2.49. The van der Waals surface area contributed by atoms with E-state index in [0.29, 0.717) is 23.2 Å². The Labute approximate surface area is 145 Å². The van der Waals surface area contributed by atoms with Gasteiger partial charge in [0.15, 0.2) is 0 Å². The van der Waals surface area contributed by atoms with Gasteiger partial charge in [-0.25, -0.2) is 0 Å². The van der Waals surface area contributed by atoms with E-state index in [1.165, 1.54) is 30.4 Å². The molecule has 3 heteroatoms. The maximum atomic E-state index is 12.8. The van der Waals surface area contributed by atoms with Crippen molar-refractivity contribution >= 4 is 5.91 Å². The van der Waals surface area contributed by atoms with Crippen LogP contribution in [0.5, 0.6) is 0 Å². The van der Waals surface area contributed by atoms with Gasteiger partial charge in [-0.15, -0.1) is 0 Å². The molecule has 2 atom stereocenters. The van der Waals surface area contributed by atoms with Gasteiger partial charge >= 0.3 is 0 Å². The average molecular weight is 326 g/mol. The minimum absolute atomic E-state index is 0.241. The Hall–Kier alpha value is -1.35. The maximum Gasteiger partial charge on any atom is 0.226 e. The number of hydrogen-bond acceptors (Lipinski definition) is 2. The minimum atomic E-state index is 0.241. The number of benzene rings is 1. The van der Waals surface area contributed by atoms with E-state index >= 15 is 0 Å². The normalized spacial score (nSPS) is 28.5. The third-order valence-corrected chi connectivity index (χ3v) is 6.61. The van der Waals surface area contributed by atoms with Crippen LogP contribution in [-0.4, -0.2) is 37.0 Å². The SMILES string of the molecule is CC(C)c1ccc(C2CC2C(=O)N2CCC3(CCNC3)CC2)cc1. The summed E-state index contributed by atoms with van der Waals surface area (Å²) in [5, 5.41) is 3.50. The molecule has 3 nitrogen and oxygen atoms in total. The highest BCUT2D eigenvalue weighted by Gasteiger charge is 2.47. The largest absolute Gasteiger partial charge is 0.342 e. The number of carbonyl (C=O) groups excluding carboxylic acids is 1. The van der Waals surface area contributed by atoms with E-state index in [0.717, 1.165) is 32.6 Å². The molecule has 2 unspecified atom stereocenters. The quantitative estimate of drug-likeness (QED) is 0.922. The molecule has 0 bridgehead atoms. The molecular weight excluding hydrogens is 296 g/mol. The van der Waals surface area contributed by atoms with Crippen molar-refractivity contribution in [1.29, 1.82) is 0 Å². The first kappa shape index (κ1) is 16.1. The Morgan fingerprint density at radius 1 is 1.17 bits per heavy atom. The van der Waals surface area contributed by atoms with Crippen LogP contribution in [-0.2, 0) is 4.79 Å². The molecule has 1 saturated carbocycles. The molecule has 2 saturated heterocycles. The Balaban J connectivity index is 1.34. The standard InChI is InChI=1S/C21H30N2O/c1-15(2)16-3-5-17(6-4-16)18-13-19(18)20(24)23-11-8-21(9-12-23)7-10-22-14-21/h3-6,15,18-19,22H,7-14H2,1-2H3. The van der Waals surface area contributed by atoms with Crippen LogP contribution in [0.1, 0.15) is 62.5 Å². The summed E-state index contributed by atoms with van der Waals surface area (Å²) in [6, 6.07) is 8.94. The lowest BCUT2D eigenvalue weighted by molar-refractivity contribution is -0.134. The van der Waals surface area contributed by atoms with Crippen LogP contribution >= 0.6 is 0 Å². The topological polar surface area (TPSA) is 32.3 Å². The first-order valence-electron chi connectivity index (χ1n) is 9.67. The van der Waals surface area contributed by atoms with Crippen molar-refractivity contribution in [2.75, 3.05) is 26.2 Å². The summed E-state index contributed by atoms with van der Waals surface area (Å²) in [7, 11) is 0. The van der Waals surface area contributed by atoms with Crippen LogP contribution in [0.3, 0.4) is 0 Å². The maximum absolute atomic E-state index is 12.8. The Bertz CT molecular complexity index is 591. The molecular formula is C21H30N2O. The van der Waals surface area contributed by atoms with Crippen molar-refractivity contribution in [3.05, 3.63) is 35.4 Å². The summed E-state index contributed by atoms with van der Waals surface area (Å²) in [5.74, 6) is 1.68. The van der Waals surface area contributed by atoms with Gasteiger partial charge in [-0.1, -0.05) is 38.1 Å². The predicted molar refractivity (Wildman–Crippen MR) is 97.1 cm³/mol. The summed E-state index contributed by atoms with van der Waals surface area (Å²) in [5.41, 5.74) is 3.23. The lowest BCUT2D eigenvalue weighted by atomic mass is 9.78. The monoisotopic (exact) mass is 326 g/mol. The van der Waals surface area contributed by atoms with Crippen LogP contribution in [0.4, 0.5) is 0 Å². The van der Waals surface area contributed by atoms with Crippen LogP contribution in [0.15, 0.2) is 24.3 Å². The molecule has 1 N–H and O–H groups in total. The molecule has 130 valence electrons. The van der Waals surface area contributed by atoms with Gasteiger partial charge in [0, 0.05) is 25.6 Å². The summed E-state index contributed by atoms with van der Waals surface area (Å²) in [6.45, 7) is 8.70. The van der Waals surface area contributed by atoms with Gasteiger partial charge in [-0.3, -0.25) is 4.79 Å². The fourth-order valence-electron chi connectivity index (χ4n) is 4.62. The first-order chi connectivity index (χ1) is 11.6. The van der Waals surface area contributed by atoms with Crippen LogP contribution < -0.4 is 5.32 Å². The van der Waals surface area contributed by atoms with E-state index in [1.807, 2.05) is 0 Å². The second-order valence-electron chi connectivity index (χ2n) is 8.52. The van der Waals surface area contributed by atoms with Gasteiger partial charge in [0.2, 0.25) is 5.91 Å². The Morgan fingerprint density at radius 2 is 1.88 bits per heavy atom. The van der Waals surface area contributed by atoms with Gasteiger partial charge in [-0.05, 0) is 60.6 Å². The predicted octanol–water partition coefficient (Wildman–Crippen LogP) is 3.52. The molecule has 2 heterocycles. The Morgan fingerprint density at radius 3 is 2.46 bits per heavy atom. The number of carbonyl (C=O) groups is 1. The van der Waals surface area contributed by atoms with Crippen molar-refractivity contribution in [3.63, 3.8) is 0 Å². The molecule has 3 aliphatic rings. The van der Waals surface area contributed by atoms with Crippen molar-refractivity contribution in [2.45, 2.75) is 51.4 Å². The van der Waals surface area contributed by atoms with E-state index in [4.69, 9.17) is 0 Å². The Kier molecular flexibility index (Phi) is 4.16. The van der Waals surface area contributed by atoms with E-state index < -0.39 is 0 Å². The van der Waals surface area contributed by atoms with Gasteiger partial charge in [0.05, 0.1) is 0 Å². The first-order valence-corrected chi connectivity index (χ1v) is 9.67. The number of nitrogens with one attached hydrogen (secondary N) is 1. The molecule has 0 aromatic heterocycles. The van der Waals surface area contributed by atoms with Crippen LogP contribution in [0.2, 0.25) is 0 Å². The van der Waals surface area contributed by atoms with Gasteiger partial charge < -0.3 is 10.2 Å². The zero-order valence-electron chi connectivity index (χ0n) is 15.1. The highest BCUT2D eigenvalue weighted by atomic mass is 16.2. The fourth-order valence-corrected chi connectivity index (χ4v) is 4.62. The van der Waals surface area contributed by atoms with Crippen molar-refractivity contribution in [1.82, 2.24) is 10.2 Å². The molecule has 1 aliphatic carbocycles. The molecule has 2 aliphatic heterocycles. The highest BCUT2D eigenvalue weighted by molar-refractivity contribution is 5.83. The smallest absolute Gasteiger partial charge is 0.226 e. The van der Waals surface area contributed by atoms with Gasteiger partial charge in [0.1, 0.15) is 0 Å². The van der Waals surface area contributed by atoms with Gasteiger partial charge in [0.25, 0.3) is 0 Å². The lowest BCUT2D eigenvalue weighted by Gasteiger charge is -2.39. The zero-order valence-corrected chi connectivity index (χ0v) is 15.1. The fraction of sp³-hybridized carbons (Fsp3) is 0.667. The zero-order chi connectivity index (χ0) is 16.7. The molecule has 0 radical (unpaired) electrons. The van der Waals surface area contributed by atoms with E-state index in [2.05, 4.69) is 48.3 Å². The second-order valence-corrected chi connectivity index (χ2v) is 8.52. The lowest BCUT2D eigenvalue weighted by Crippen LogP contribution is -2.44. The molecule has 1 amide bonds. The molecule has 1 aromatic carbocycles. The van der Waals surface area contributed by atoms with E-state index in [9.17, 15) is 4.79 Å². The third-order valence-electron chi connectivity index (χ3n) is 6.61. The van der Waals surface area contributed by atoms with E-state index in [1.54, 1.807) is 0 Å². The van der Waals surface area contributed by atoms with Gasteiger partial charge in [-0.2, -0.15) is 0 Å². The van der Waals surface area contributed by atoms with Crippen molar-refractivity contribution in [2.24, 2.45) is 11.3 Å². The summed E-state index contributed by atoms with van der Waals surface area (Å²) in [6.07, 6.45) is 4.71. The third kappa shape index (κ3) is 2.99. The molecule has 3 fully saturated rings. The number of piperidine rings is 1. The molecule has 1 spiro atoms. The average Bonchev–Trinajstić information content (AvgIpc) is 3.29. The second kappa shape index (κ2) is 6.18. The molecule has 4 rings (SSSR count). The number of hydrogen-bond donors (Lipinski definition) is 1. The summed E-state index contributed by atoms with van der Waals surface area (Å²) < 4.78 is 0. The number of rotatable bonds is 3. The molecule has 1 aromatic rings. The van der Waals surface area contributed by atoms with Crippen molar-refractivity contribution in [3.8, 4) is 0 Å². The molecule has 24 heavy (non-hydrogen) atoms. The summed E-state index contributed by atoms with van der Waals surface area (Å²) in [4.78, 5) is 15.0.